The van der Waals surface area contributed by atoms with Crippen LogP contribution in [-0.4, -0.2) is 76.3 Å². The smallest absolute Gasteiger partial charge is 0.219 e. The van der Waals surface area contributed by atoms with Crippen molar-refractivity contribution in [1.82, 2.24) is 19.2 Å². The number of aromatic nitrogens is 2. The van der Waals surface area contributed by atoms with Crippen molar-refractivity contribution in [3.8, 4) is 5.88 Å². The van der Waals surface area contributed by atoms with Crippen molar-refractivity contribution in [3.63, 3.8) is 0 Å². The lowest BCUT2D eigenvalue weighted by Gasteiger charge is -2.34. The fourth-order valence-corrected chi connectivity index (χ4v) is 5.47. The van der Waals surface area contributed by atoms with Crippen molar-refractivity contribution in [2.24, 2.45) is 0 Å². The normalized spacial score (nSPS) is 20.7. The largest absolute Gasteiger partial charge is 0.573 e. The van der Waals surface area contributed by atoms with Crippen LogP contribution in [0.15, 0.2) is 29.4 Å². The van der Waals surface area contributed by atoms with Crippen LogP contribution in [0.4, 0.5) is 14.6 Å². The maximum Gasteiger partial charge on any atom is 0.219 e. The van der Waals surface area contributed by atoms with Gasteiger partial charge >= 0.3 is 0 Å². The first-order chi connectivity index (χ1) is 16.0. The second-order valence-corrected chi connectivity index (χ2v) is 9.96. The number of hydrogen-bond donors (Lipinski definition) is 1. The molecule has 2 unspecified atom stereocenters. The minimum absolute atomic E-state index is 0.145. The molecule has 3 heterocycles. The maximum atomic E-state index is 13.9. The van der Waals surface area contributed by atoms with Gasteiger partial charge in [-0.15, -0.1) is 4.31 Å². The van der Waals surface area contributed by atoms with Crippen LogP contribution in [0.3, 0.4) is 0 Å². The zero-order valence-corrected chi connectivity index (χ0v) is 20.0. The molecule has 2 fully saturated rings. The van der Waals surface area contributed by atoms with Crippen LogP contribution in [-0.2, 0) is 22.0 Å². The van der Waals surface area contributed by atoms with Crippen LogP contribution in [0.5, 0.6) is 5.88 Å². The first kappa shape index (κ1) is 24.4. The first-order valence-corrected chi connectivity index (χ1v) is 12.9. The Bertz CT molecular complexity index is 931. The molecule has 2 atom stereocenters. The molecule has 4 rings (SSSR count). The lowest BCUT2D eigenvalue weighted by Crippen LogP contribution is -2.51. The topological polar surface area (TPSA) is 85.8 Å². The van der Waals surface area contributed by atoms with Crippen molar-refractivity contribution in [2.75, 3.05) is 51.2 Å². The molecule has 2 aromatic rings. The number of halogens is 2. The average Bonchev–Trinajstić information content (AvgIpc) is 3.33. The third-order valence-corrected chi connectivity index (χ3v) is 7.64. The highest BCUT2D eigenvalue weighted by Crippen LogP contribution is 2.26. The molecule has 0 saturated carbocycles. The summed E-state index contributed by atoms with van der Waals surface area (Å²) in [6, 6.07) is 5.60. The van der Waals surface area contributed by atoms with Gasteiger partial charge in [-0.3, -0.25) is 4.90 Å². The third kappa shape index (κ3) is 6.67. The summed E-state index contributed by atoms with van der Waals surface area (Å²) < 4.78 is 55.9. The highest BCUT2D eigenvalue weighted by molar-refractivity contribution is 7.98. The van der Waals surface area contributed by atoms with Crippen LogP contribution in [0.2, 0.25) is 0 Å². The van der Waals surface area contributed by atoms with Crippen LogP contribution in [0.1, 0.15) is 18.4 Å². The Morgan fingerprint density at radius 3 is 2.82 bits per heavy atom. The average molecular weight is 500 g/mol. The van der Waals surface area contributed by atoms with Crippen LogP contribution < -0.4 is 9.46 Å². The maximum absolute atomic E-state index is 13.9. The summed E-state index contributed by atoms with van der Waals surface area (Å²) in [6.45, 7) is 4.73. The number of methoxy groups -OCH3 is 1. The monoisotopic (exact) mass is 499 g/mol. The lowest BCUT2D eigenvalue weighted by atomic mass is 10.2. The molecule has 33 heavy (non-hydrogen) atoms. The van der Waals surface area contributed by atoms with E-state index in [1.54, 1.807) is 6.07 Å². The molecule has 2 saturated heterocycles. The van der Waals surface area contributed by atoms with E-state index in [-0.39, 0.29) is 17.2 Å². The van der Waals surface area contributed by atoms with E-state index in [0.29, 0.717) is 30.2 Å². The predicted molar refractivity (Wildman–Crippen MR) is 123 cm³/mol. The highest BCUT2D eigenvalue weighted by Gasteiger charge is 2.29. The second kappa shape index (κ2) is 11.6. The number of piperazine rings is 1. The Morgan fingerprint density at radius 2 is 2.09 bits per heavy atom. The molecule has 0 aliphatic carbocycles. The van der Waals surface area contributed by atoms with Crippen LogP contribution in [0, 0.1) is 11.6 Å². The Labute approximate surface area is 199 Å². The first-order valence-electron chi connectivity index (χ1n) is 10.8. The molecule has 0 amide bonds. The summed E-state index contributed by atoms with van der Waals surface area (Å²) in [5.74, 6) is -1.01. The van der Waals surface area contributed by atoms with Crippen LogP contribution >= 0.6 is 11.8 Å². The van der Waals surface area contributed by atoms with Gasteiger partial charge in [-0.1, -0.05) is 23.9 Å². The zero-order chi connectivity index (χ0) is 23.2. The van der Waals surface area contributed by atoms with E-state index in [0.717, 1.165) is 56.9 Å². The number of hydrogen-bond acceptors (Lipinski definition) is 9. The summed E-state index contributed by atoms with van der Waals surface area (Å²) in [5, 5.41) is 0.305. The fraction of sp³-hybridized carbons (Fsp3) is 0.524. The van der Waals surface area contributed by atoms with E-state index in [2.05, 4.69) is 19.6 Å². The van der Waals surface area contributed by atoms with Gasteiger partial charge in [0.2, 0.25) is 5.88 Å². The molecule has 0 radical (unpaired) electrons. The summed E-state index contributed by atoms with van der Waals surface area (Å²) in [7, 11) is 1.47. The van der Waals surface area contributed by atoms with Crippen molar-refractivity contribution < 1.29 is 22.8 Å². The molecule has 180 valence electrons. The predicted octanol–water partition coefficient (Wildman–Crippen LogP) is 2.84. The van der Waals surface area contributed by atoms with Gasteiger partial charge in [0.05, 0.1) is 26.3 Å². The summed E-state index contributed by atoms with van der Waals surface area (Å²) in [5.41, 5.74) is 0.213. The van der Waals surface area contributed by atoms with Gasteiger partial charge < -0.3 is 14.0 Å². The van der Waals surface area contributed by atoms with Crippen molar-refractivity contribution >= 4 is 29.1 Å². The van der Waals surface area contributed by atoms with Gasteiger partial charge in [0, 0.05) is 43.6 Å². The van der Waals surface area contributed by atoms with E-state index >= 15 is 0 Å². The number of rotatable bonds is 9. The Hall–Kier alpha value is -1.70. The van der Waals surface area contributed by atoms with E-state index in [1.807, 2.05) is 4.31 Å². The van der Waals surface area contributed by atoms with Crippen molar-refractivity contribution in [2.45, 2.75) is 29.9 Å². The van der Waals surface area contributed by atoms with Gasteiger partial charge in [-0.05, 0) is 18.9 Å². The quantitative estimate of drug-likeness (QED) is 0.318. The summed E-state index contributed by atoms with van der Waals surface area (Å²) >= 11 is -0.343. The third-order valence-electron chi connectivity index (χ3n) is 5.52. The fourth-order valence-electron chi connectivity index (χ4n) is 3.74. The SMILES string of the molecule is COc1cc(N[S+]([O-])N2CCN(CC3CCCO3)CC2)nc(SCc2cccc(F)c2F)n1. The van der Waals surface area contributed by atoms with Crippen molar-refractivity contribution in [3.05, 3.63) is 41.5 Å². The molecule has 2 aliphatic rings. The molecule has 1 aromatic carbocycles. The van der Waals surface area contributed by atoms with E-state index in [4.69, 9.17) is 9.47 Å². The lowest BCUT2D eigenvalue weighted by molar-refractivity contribution is 0.0617. The van der Waals surface area contributed by atoms with Crippen LogP contribution in [0.25, 0.3) is 0 Å². The molecular weight excluding hydrogens is 472 g/mol. The van der Waals surface area contributed by atoms with Gasteiger partial charge in [0.1, 0.15) is 0 Å². The molecule has 0 spiro atoms. The molecule has 8 nitrogen and oxygen atoms in total. The highest BCUT2D eigenvalue weighted by atomic mass is 32.2. The molecule has 1 N–H and O–H groups in total. The number of anilines is 1. The molecule has 0 bridgehead atoms. The van der Waals surface area contributed by atoms with E-state index in [9.17, 15) is 13.3 Å². The van der Waals surface area contributed by atoms with Crippen molar-refractivity contribution in [1.29, 1.82) is 0 Å². The summed E-state index contributed by atoms with van der Waals surface area (Å²) in [6.07, 6.45) is 2.54. The number of thioether (sulfide) groups is 1. The molecule has 2 aliphatic heterocycles. The van der Waals surface area contributed by atoms with E-state index in [1.165, 1.54) is 19.2 Å². The van der Waals surface area contributed by atoms with Gasteiger partial charge in [0.25, 0.3) is 0 Å². The van der Waals surface area contributed by atoms with Gasteiger partial charge in [0.15, 0.2) is 34.2 Å². The van der Waals surface area contributed by atoms with Gasteiger partial charge in [-0.2, -0.15) is 9.71 Å². The minimum Gasteiger partial charge on any atom is -0.573 e. The number of ether oxygens (including phenoxy) is 2. The van der Waals surface area contributed by atoms with E-state index < -0.39 is 23.2 Å². The molecular formula is C21H27F2N5O3S2. The zero-order valence-electron chi connectivity index (χ0n) is 18.3. The Balaban J connectivity index is 1.33. The minimum atomic E-state index is -1.48. The Kier molecular flexibility index (Phi) is 8.61. The number of benzene rings is 1. The second-order valence-electron chi connectivity index (χ2n) is 7.80. The molecule has 1 aromatic heterocycles. The molecule has 12 heteroatoms. The van der Waals surface area contributed by atoms with Gasteiger partial charge in [-0.25, -0.2) is 13.8 Å². The number of nitrogens with zero attached hydrogens (tertiary/aromatic N) is 4. The Morgan fingerprint density at radius 1 is 1.27 bits per heavy atom. The summed E-state index contributed by atoms with van der Waals surface area (Å²) in [4.78, 5) is 10.9. The standard InChI is InChI=1S/C21H27F2N5O3S2/c1-30-19-12-18(24-21(25-19)32-14-15-4-2-6-17(22)20(15)23)26-33(29)28-9-7-27(8-10-28)13-16-5-3-11-31-16/h2,4,6,12,16H,3,5,7-11,13-14H2,1H3,(H,24,25,26). The number of nitrogens with one attached hydrogen (secondary N) is 1.